The van der Waals surface area contributed by atoms with Crippen LogP contribution in [0.4, 0.5) is 0 Å². The molecular formula is C24H32O6. The van der Waals surface area contributed by atoms with Gasteiger partial charge in [-0.1, -0.05) is 13.8 Å². The first-order valence-corrected chi connectivity index (χ1v) is 11.5. The number of fused-ring (bicyclic) bond motifs is 3. The van der Waals surface area contributed by atoms with Crippen molar-refractivity contribution in [2.75, 3.05) is 0 Å². The van der Waals surface area contributed by atoms with Crippen LogP contribution >= 0.6 is 0 Å². The zero-order chi connectivity index (χ0) is 21.1. The van der Waals surface area contributed by atoms with Crippen LogP contribution in [-0.4, -0.2) is 44.8 Å². The Hall–Kier alpha value is -1.21. The summed E-state index contributed by atoms with van der Waals surface area (Å²) in [5.74, 6) is 0.488. The molecule has 0 aromatic carbocycles. The Morgan fingerprint density at radius 2 is 1.73 bits per heavy atom. The van der Waals surface area contributed by atoms with E-state index in [1.807, 2.05) is 0 Å². The molecule has 1 spiro atoms. The van der Waals surface area contributed by atoms with Crippen LogP contribution in [0.15, 0.2) is 27.6 Å². The number of ether oxygens (including phenoxy) is 1. The van der Waals surface area contributed by atoms with Crippen LogP contribution in [0.1, 0.15) is 70.3 Å². The largest absolute Gasteiger partial charge is 0.431 e. The fourth-order valence-electron chi connectivity index (χ4n) is 8.81. The van der Waals surface area contributed by atoms with Crippen molar-refractivity contribution in [2.24, 2.45) is 22.7 Å². The van der Waals surface area contributed by atoms with Crippen LogP contribution in [0.5, 0.6) is 0 Å². The molecule has 2 heterocycles. The highest BCUT2D eigenvalue weighted by molar-refractivity contribution is 5.38. The maximum absolute atomic E-state index is 11.6. The van der Waals surface area contributed by atoms with Crippen molar-refractivity contribution < 1.29 is 24.5 Å². The molecule has 0 amide bonds. The molecule has 1 aliphatic heterocycles. The lowest BCUT2D eigenvalue weighted by Crippen LogP contribution is -2.65. The summed E-state index contributed by atoms with van der Waals surface area (Å²) in [6, 6.07) is 3.22. The fraction of sp³-hybridized carbons (Fsp3) is 0.792. The van der Waals surface area contributed by atoms with Crippen molar-refractivity contribution in [3.8, 4) is 0 Å². The van der Waals surface area contributed by atoms with Crippen LogP contribution in [0.3, 0.4) is 0 Å². The molecule has 6 nitrogen and oxygen atoms in total. The van der Waals surface area contributed by atoms with Gasteiger partial charge in [0.2, 0.25) is 0 Å². The Bertz CT molecular complexity index is 923. The van der Waals surface area contributed by atoms with E-state index < -0.39 is 17.8 Å². The van der Waals surface area contributed by atoms with Crippen molar-refractivity contribution in [1.82, 2.24) is 0 Å². The van der Waals surface area contributed by atoms with E-state index in [9.17, 15) is 20.1 Å². The smallest absolute Gasteiger partial charge is 0.335 e. The molecule has 1 aromatic rings. The van der Waals surface area contributed by atoms with Crippen molar-refractivity contribution in [3.05, 3.63) is 34.4 Å². The Labute approximate surface area is 176 Å². The van der Waals surface area contributed by atoms with E-state index in [-0.39, 0.29) is 40.0 Å². The molecular weight excluding hydrogens is 384 g/mol. The van der Waals surface area contributed by atoms with E-state index in [2.05, 4.69) is 13.8 Å². The number of aliphatic hydroxyl groups is 3. The first-order valence-electron chi connectivity index (χ1n) is 11.5. The fourth-order valence-corrected chi connectivity index (χ4v) is 8.81. The summed E-state index contributed by atoms with van der Waals surface area (Å²) in [5.41, 5.74) is -1.17. The van der Waals surface area contributed by atoms with Gasteiger partial charge in [-0.15, -0.1) is 0 Å². The van der Waals surface area contributed by atoms with E-state index >= 15 is 0 Å². The summed E-state index contributed by atoms with van der Waals surface area (Å²) < 4.78 is 11.6. The minimum absolute atomic E-state index is 0.122. The Morgan fingerprint density at radius 3 is 2.47 bits per heavy atom. The summed E-state index contributed by atoms with van der Waals surface area (Å²) in [7, 11) is 0. The maximum Gasteiger partial charge on any atom is 0.335 e. The normalized spacial score (nSPS) is 56.4. The third-order valence-electron chi connectivity index (χ3n) is 10.3. The third-order valence-corrected chi connectivity index (χ3v) is 10.3. The number of aliphatic hydroxyl groups excluding tert-OH is 2. The highest BCUT2D eigenvalue weighted by Gasteiger charge is 2.84. The van der Waals surface area contributed by atoms with E-state index in [1.165, 1.54) is 12.3 Å². The molecule has 10 atom stereocenters. The highest BCUT2D eigenvalue weighted by Crippen LogP contribution is 2.78. The average molecular weight is 417 g/mol. The molecule has 30 heavy (non-hydrogen) atoms. The van der Waals surface area contributed by atoms with Crippen LogP contribution < -0.4 is 5.63 Å². The lowest BCUT2D eigenvalue weighted by Gasteiger charge is -2.63. The zero-order valence-electron chi connectivity index (χ0n) is 17.7. The van der Waals surface area contributed by atoms with Gasteiger partial charge in [-0.05, 0) is 67.4 Å². The van der Waals surface area contributed by atoms with Crippen LogP contribution in [-0.2, 0) is 4.74 Å². The van der Waals surface area contributed by atoms with Gasteiger partial charge in [0.1, 0.15) is 11.7 Å². The molecule has 4 aliphatic carbocycles. The molecule has 4 saturated carbocycles. The molecule has 5 fully saturated rings. The van der Waals surface area contributed by atoms with Crippen molar-refractivity contribution >= 4 is 0 Å². The minimum Gasteiger partial charge on any atom is -0.431 e. The summed E-state index contributed by atoms with van der Waals surface area (Å²) in [5, 5.41) is 33.1. The van der Waals surface area contributed by atoms with Gasteiger partial charge in [0.05, 0.1) is 24.1 Å². The van der Waals surface area contributed by atoms with Gasteiger partial charge in [0.15, 0.2) is 0 Å². The van der Waals surface area contributed by atoms with Crippen molar-refractivity contribution in [2.45, 2.75) is 94.2 Å². The highest BCUT2D eigenvalue weighted by atomic mass is 16.6. The minimum atomic E-state index is -0.819. The van der Waals surface area contributed by atoms with Gasteiger partial charge in [-0.2, -0.15) is 0 Å². The van der Waals surface area contributed by atoms with Crippen LogP contribution in [0, 0.1) is 22.7 Å². The van der Waals surface area contributed by atoms with Gasteiger partial charge < -0.3 is 24.5 Å². The Kier molecular flexibility index (Phi) is 3.75. The second-order valence-electron chi connectivity index (χ2n) is 11.2. The second kappa shape index (κ2) is 5.77. The molecule has 1 saturated heterocycles. The van der Waals surface area contributed by atoms with E-state index in [0.717, 1.165) is 37.7 Å². The first-order chi connectivity index (χ1) is 14.2. The average Bonchev–Trinajstić information content (AvgIpc) is 3.41. The lowest BCUT2D eigenvalue weighted by atomic mass is 9.42. The second-order valence-corrected chi connectivity index (χ2v) is 11.2. The number of epoxide rings is 1. The third kappa shape index (κ3) is 2.07. The Morgan fingerprint density at radius 1 is 1.00 bits per heavy atom. The number of rotatable bonds is 1. The van der Waals surface area contributed by atoms with Crippen molar-refractivity contribution in [3.63, 3.8) is 0 Å². The van der Waals surface area contributed by atoms with Crippen LogP contribution in [0.25, 0.3) is 0 Å². The molecule has 3 N–H and O–H groups in total. The molecule has 0 radical (unpaired) electrons. The molecule has 6 rings (SSSR count). The summed E-state index contributed by atoms with van der Waals surface area (Å²) in [6.45, 7) is 4.46. The maximum atomic E-state index is 11.6. The van der Waals surface area contributed by atoms with E-state index in [1.54, 1.807) is 6.07 Å². The predicted octanol–water partition coefficient (Wildman–Crippen LogP) is 2.34. The summed E-state index contributed by atoms with van der Waals surface area (Å²) in [6.07, 6.45) is 5.74. The molecule has 0 bridgehead atoms. The predicted molar refractivity (Wildman–Crippen MR) is 108 cm³/mol. The lowest BCUT2D eigenvalue weighted by molar-refractivity contribution is -0.224. The van der Waals surface area contributed by atoms with E-state index in [0.29, 0.717) is 18.8 Å². The Balaban J connectivity index is 1.40. The SMILES string of the molecule is C[C@]12CC[C@H](O)C[C@@]1(O)CCC1C2CC[C@]2(C)[C@@H](c3ccc(=O)oc3)[C@@H](O)[C@H]3O[C@]132. The molecule has 2 unspecified atom stereocenters. The zero-order valence-corrected chi connectivity index (χ0v) is 17.7. The van der Waals surface area contributed by atoms with Gasteiger partial charge in [0, 0.05) is 23.8 Å². The molecule has 164 valence electrons. The standard InChI is InChI=1S/C24H32O6/c1-21-8-5-14(25)11-23(21,28)10-7-16-15(21)6-9-22(2)18(13-3-4-17(26)29-12-13)19(27)20-24(16,22)30-20/h3-4,12,14-16,18-20,25,27-28H,5-11H2,1-2H3/t14-,15?,16?,18-,19+,20+,21+,22+,23-,24+/m0/s1. The molecule has 6 heteroatoms. The topological polar surface area (TPSA) is 103 Å². The first kappa shape index (κ1) is 19.5. The molecule has 1 aromatic heterocycles. The number of hydrogen-bond acceptors (Lipinski definition) is 6. The quantitative estimate of drug-likeness (QED) is 0.607. The van der Waals surface area contributed by atoms with Gasteiger partial charge >= 0.3 is 5.63 Å². The van der Waals surface area contributed by atoms with E-state index in [4.69, 9.17) is 9.15 Å². The van der Waals surface area contributed by atoms with Crippen molar-refractivity contribution in [1.29, 1.82) is 0 Å². The molecule has 5 aliphatic rings. The monoisotopic (exact) mass is 416 g/mol. The van der Waals surface area contributed by atoms with Gasteiger partial charge in [0.25, 0.3) is 0 Å². The van der Waals surface area contributed by atoms with Gasteiger partial charge in [-0.25, -0.2) is 4.79 Å². The summed E-state index contributed by atoms with van der Waals surface area (Å²) >= 11 is 0. The summed E-state index contributed by atoms with van der Waals surface area (Å²) in [4.78, 5) is 11.5. The number of hydrogen-bond donors (Lipinski definition) is 3. The van der Waals surface area contributed by atoms with Gasteiger partial charge in [-0.3, -0.25) is 0 Å². The van der Waals surface area contributed by atoms with Crippen LogP contribution in [0.2, 0.25) is 0 Å².